The average molecular weight is 451 g/mol. The normalized spacial score (nSPS) is 12.3. The average Bonchev–Trinajstić information content (AvgIpc) is 3.42. The third-order valence-electron chi connectivity index (χ3n) is 4.03. The first-order valence-corrected chi connectivity index (χ1v) is 12.7. The quantitative estimate of drug-likeness (QED) is 0.458. The first-order chi connectivity index (χ1) is 13.3. The number of nitrogens with zero attached hydrogens (tertiary/aromatic N) is 2. The first kappa shape index (κ1) is 19.1. The van der Waals surface area contributed by atoms with E-state index in [9.17, 15) is 16.8 Å². The highest BCUT2D eigenvalue weighted by molar-refractivity contribution is 7.94. The summed E-state index contributed by atoms with van der Waals surface area (Å²) in [6.07, 6.45) is 0. The fourth-order valence-corrected chi connectivity index (χ4v) is 8.01. The van der Waals surface area contributed by atoms with Crippen molar-refractivity contribution in [2.24, 2.45) is 0 Å². The van der Waals surface area contributed by atoms with Gasteiger partial charge in [0.15, 0.2) is 0 Å². The van der Waals surface area contributed by atoms with E-state index in [4.69, 9.17) is 0 Å². The van der Waals surface area contributed by atoms with Gasteiger partial charge in [-0.15, -0.1) is 22.7 Å². The molecule has 10 heteroatoms. The van der Waals surface area contributed by atoms with E-state index in [1.165, 1.54) is 19.1 Å². The maximum Gasteiger partial charge on any atom is 0.293 e. The predicted octanol–water partition coefficient (Wildman–Crippen LogP) is 4.05. The van der Waals surface area contributed by atoms with E-state index in [-0.39, 0.29) is 24.7 Å². The van der Waals surface area contributed by atoms with Gasteiger partial charge >= 0.3 is 0 Å². The molecule has 0 unspecified atom stereocenters. The lowest BCUT2D eigenvalue weighted by atomic mass is 10.1. The minimum atomic E-state index is -4.04. The molecule has 0 aliphatic heterocycles. The highest BCUT2D eigenvalue weighted by atomic mass is 32.2. The smallest absolute Gasteiger partial charge is 0.218 e. The number of hydrogen-bond acceptors (Lipinski definition) is 7. The second-order valence-electron chi connectivity index (χ2n) is 5.84. The molecule has 0 aliphatic carbocycles. The summed E-state index contributed by atoms with van der Waals surface area (Å²) in [7, 11) is -7.98. The standard InChI is InChI=1S/C18H14N2O4S4/c1-13-18(27(21,22)15-9-5-11-25-15)17(14-7-3-2-4-8-14)20(19-13)28(23,24)16-10-6-12-26-16/h2-12H,1H3. The SMILES string of the molecule is Cc1nn(S(=O)(=O)c2cccs2)c(-c2ccccc2)c1S(=O)(=O)c1cccs1. The predicted molar refractivity (Wildman–Crippen MR) is 109 cm³/mol. The third-order valence-corrected chi connectivity index (χ3v) is 10.3. The summed E-state index contributed by atoms with van der Waals surface area (Å²) in [5, 5.41) is 7.46. The molecule has 0 amide bonds. The number of aromatic nitrogens is 2. The molecule has 0 N–H and O–H groups in total. The zero-order chi connectivity index (χ0) is 19.9. The van der Waals surface area contributed by atoms with Crippen molar-refractivity contribution in [3.63, 3.8) is 0 Å². The Morgan fingerprint density at radius 1 is 0.821 bits per heavy atom. The van der Waals surface area contributed by atoms with Crippen LogP contribution in [0.25, 0.3) is 11.3 Å². The minimum Gasteiger partial charge on any atom is -0.218 e. The first-order valence-electron chi connectivity index (χ1n) is 8.06. The van der Waals surface area contributed by atoms with E-state index in [2.05, 4.69) is 5.10 Å². The van der Waals surface area contributed by atoms with Crippen molar-refractivity contribution in [3.05, 3.63) is 71.1 Å². The molecule has 0 atom stereocenters. The van der Waals surface area contributed by atoms with Gasteiger partial charge in [-0.2, -0.15) is 17.6 Å². The molecule has 28 heavy (non-hydrogen) atoms. The molecule has 0 bridgehead atoms. The summed E-state index contributed by atoms with van der Waals surface area (Å²) in [5.74, 6) is 0. The summed E-state index contributed by atoms with van der Waals surface area (Å²) in [4.78, 5) is -0.0960. The monoisotopic (exact) mass is 450 g/mol. The van der Waals surface area contributed by atoms with Crippen molar-refractivity contribution in [1.29, 1.82) is 0 Å². The fourth-order valence-electron chi connectivity index (χ4n) is 2.84. The van der Waals surface area contributed by atoms with Crippen LogP contribution in [0, 0.1) is 6.92 Å². The van der Waals surface area contributed by atoms with Crippen molar-refractivity contribution >= 4 is 42.5 Å². The van der Waals surface area contributed by atoms with E-state index in [1.807, 2.05) is 0 Å². The lowest BCUT2D eigenvalue weighted by Gasteiger charge is -2.10. The van der Waals surface area contributed by atoms with Gasteiger partial charge < -0.3 is 0 Å². The van der Waals surface area contributed by atoms with Crippen LogP contribution in [0.3, 0.4) is 0 Å². The number of rotatable bonds is 5. The zero-order valence-corrected chi connectivity index (χ0v) is 17.8. The Hall–Kier alpha value is -2.27. The Labute approximate surface area is 170 Å². The van der Waals surface area contributed by atoms with E-state index >= 15 is 0 Å². The number of aryl methyl sites for hydroxylation is 1. The van der Waals surface area contributed by atoms with Crippen LogP contribution in [-0.4, -0.2) is 26.0 Å². The molecule has 0 spiro atoms. The van der Waals surface area contributed by atoms with Gasteiger partial charge in [0.25, 0.3) is 10.0 Å². The molecule has 0 saturated carbocycles. The van der Waals surface area contributed by atoms with Crippen molar-refractivity contribution in [3.8, 4) is 11.3 Å². The summed E-state index contributed by atoms with van der Waals surface area (Å²) >= 11 is 2.13. The van der Waals surface area contributed by atoms with Gasteiger partial charge in [-0.25, -0.2) is 8.42 Å². The van der Waals surface area contributed by atoms with Gasteiger partial charge in [-0.1, -0.05) is 42.5 Å². The lowest BCUT2D eigenvalue weighted by molar-refractivity contribution is 0.582. The van der Waals surface area contributed by atoms with Gasteiger partial charge in [-0.3, -0.25) is 0 Å². The van der Waals surface area contributed by atoms with Crippen molar-refractivity contribution in [2.45, 2.75) is 20.2 Å². The van der Waals surface area contributed by atoms with Gasteiger partial charge in [0.05, 0.1) is 5.69 Å². The minimum absolute atomic E-state index is 0.0416. The van der Waals surface area contributed by atoms with Crippen LogP contribution in [0.15, 0.2) is 78.7 Å². The fraction of sp³-hybridized carbons (Fsp3) is 0.0556. The summed E-state index contributed by atoms with van der Waals surface area (Å²) in [6, 6.07) is 14.8. The van der Waals surface area contributed by atoms with Gasteiger partial charge in [0.1, 0.15) is 19.0 Å². The van der Waals surface area contributed by atoms with Crippen molar-refractivity contribution in [2.75, 3.05) is 0 Å². The molecule has 6 nitrogen and oxygen atoms in total. The van der Waals surface area contributed by atoms with Crippen LogP contribution in [-0.2, 0) is 19.9 Å². The lowest BCUT2D eigenvalue weighted by Crippen LogP contribution is -2.15. The van der Waals surface area contributed by atoms with E-state index in [0.717, 1.165) is 26.8 Å². The molecule has 0 radical (unpaired) electrons. The molecule has 0 fully saturated rings. The molecular formula is C18H14N2O4S4. The number of thiophene rings is 2. The Morgan fingerprint density at radius 2 is 1.43 bits per heavy atom. The van der Waals surface area contributed by atoms with Crippen molar-refractivity contribution < 1.29 is 16.8 Å². The highest BCUT2D eigenvalue weighted by Crippen LogP contribution is 2.37. The Balaban J connectivity index is 2.08. The van der Waals surface area contributed by atoms with Crippen molar-refractivity contribution in [1.82, 2.24) is 9.19 Å². The molecule has 3 heterocycles. The largest absolute Gasteiger partial charge is 0.293 e. The molecule has 0 aliphatic rings. The topological polar surface area (TPSA) is 86.1 Å². The third kappa shape index (κ3) is 3.02. The van der Waals surface area contributed by atoms with Crippen LogP contribution in [0.1, 0.15) is 5.69 Å². The zero-order valence-electron chi connectivity index (χ0n) is 14.5. The second kappa shape index (κ2) is 6.96. The van der Waals surface area contributed by atoms with Gasteiger partial charge in [0.2, 0.25) is 9.84 Å². The Kier molecular flexibility index (Phi) is 4.74. The van der Waals surface area contributed by atoms with Crippen LogP contribution in [0.5, 0.6) is 0 Å². The van der Waals surface area contributed by atoms with Gasteiger partial charge in [0, 0.05) is 5.56 Å². The molecule has 3 aromatic heterocycles. The molecule has 1 aromatic carbocycles. The van der Waals surface area contributed by atoms with Crippen LogP contribution >= 0.6 is 22.7 Å². The second-order valence-corrected chi connectivity index (χ2v) is 11.8. The van der Waals surface area contributed by atoms with Crippen LogP contribution in [0.4, 0.5) is 0 Å². The number of benzene rings is 1. The molecule has 144 valence electrons. The van der Waals surface area contributed by atoms with E-state index in [0.29, 0.717) is 5.56 Å². The van der Waals surface area contributed by atoms with E-state index < -0.39 is 19.9 Å². The van der Waals surface area contributed by atoms with Gasteiger partial charge in [-0.05, 0) is 29.8 Å². The summed E-state index contributed by atoms with van der Waals surface area (Å²) in [5.41, 5.74) is 0.630. The maximum absolute atomic E-state index is 13.3. The molecule has 4 rings (SSSR count). The molecule has 4 aromatic rings. The van der Waals surface area contributed by atoms with Crippen LogP contribution in [0.2, 0.25) is 0 Å². The summed E-state index contributed by atoms with van der Waals surface area (Å²) < 4.78 is 54.0. The number of sulfone groups is 1. The molecule has 0 saturated heterocycles. The van der Waals surface area contributed by atoms with Crippen LogP contribution < -0.4 is 0 Å². The highest BCUT2D eigenvalue weighted by Gasteiger charge is 2.34. The number of hydrogen-bond donors (Lipinski definition) is 0. The Morgan fingerprint density at radius 3 is 2.00 bits per heavy atom. The molecular weight excluding hydrogens is 436 g/mol. The van der Waals surface area contributed by atoms with E-state index in [1.54, 1.807) is 53.2 Å². The summed E-state index contributed by atoms with van der Waals surface area (Å²) in [6.45, 7) is 1.51. The maximum atomic E-state index is 13.3. The Bertz CT molecular complexity index is 1320.